The molecule has 0 bridgehead atoms. The van der Waals surface area contributed by atoms with Crippen LogP contribution in [0.15, 0.2) is 78.9 Å². The Labute approximate surface area is 229 Å². The van der Waals surface area contributed by atoms with Gasteiger partial charge < -0.3 is 20.5 Å². The summed E-state index contributed by atoms with van der Waals surface area (Å²) in [5.41, 5.74) is 5.53. The number of benzene rings is 3. The quantitative estimate of drug-likeness (QED) is 0.321. The van der Waals surface area contributed by atoms with E-state index in [1.807, 2.05) is 85.6 Å². The van der Waals surface area contributed by atoms with Crippen LogP contribution in [0.4, 0.5) is 4.79 Å². The highest BCUT2D eigenvalue weighted by molar-refractivity contribution is 5.86. The molecule has 8 nitrogen and oxygen atoms in total. The van der Waals surface area contributed by atoms with Crippen molar-refractivity contribution < 1.29 is 24.2 Å². The van der Waals surface area contributed by atoms with Crippen molar-refractivity contribution in [1.29, 1.82) is 0 Å². The number of alkyl carbamates (subject to hydrolysis) is 1. The number of carbonyl (C=O) groups is 3. The first-order valence-corrected chi connectivity index (χ1v) is 13.2. The molecule has 204 valence electrons. The molecule has 0 heterocycles. The number of hydrogen-bond donors (Lipinski definition) is 3. The fourth-order valence-corrected chi connectivity index (χ4v) is 5.06. The Morgan fingerprint density at radius 2 is 1.49 bits per heavy atom. The van der Waals surface area contributed by atoms with Gasteiger partial charge in [0.25, 0.3) is 0 Å². The normalized spacial score (nSPS) is 13.7. The fourth-order valence-electron chi connectivity index (χ4n) is 5.06. The molecule has 2 amide bonds. The van der Waals surface area contributed by atoms with Gasteiger partial charge in [0.2, 0.25) is 5.91 Å². The summed E-state index contributed by atoms with van der Waals surface area (Å²) in [6.07, 6.45) is -0.439. The van der Waals surface area contributed by atoms with Crippen LogP contribution in [-0.2, 0) is 20.9 Å². The number of nitrogens with zero attached hydrogens (tertiary/aromatic N) is 1. The van der Waals surface area contributed by atoms with Gasteiger partial charge in [0.1, 0.15) is 12.6 Å². The van der Waals surface area contributed by atoms with Gasteiger partial charge in [-0.15, -0.1) is 0 Å². The number of carboxylic acid groups (broad SMARTS) is 1. The Hall–Kier alpha value is -4.17. The molecule has 1 unspecified atom stereocenters. The van der Waals surface area contributed by atoms with E-state index in [2.05, 4.69) is 22.8 Å². The lowest BCUT2D eigenvalue weighted by Gasteiger charge is -2.26. The second-order valence-corrected chi connectivity index (χ2v) is 9.92. The smallest absolute Gasteiger partial charge is 0.407 e. The number of amides is 2. The molecular weight excluding hydrogens is 494 g/mol. The van der Waals surface area contributed by atoms with E-state index in [-0.39, 0.29) is 25.5 Å². The highest BCUT2D eigenvalue weighted by Gasteiger charge is 2.30. The third-order valence-corrected chi connectivity index (χ3v) is 7.00. The maximum atomic E-state index is 13.2. The Balaban J connectivity index is 1.43. The molecule has 2 atom stereocenters. The van der Waals surface area contributed by atoms with Crippen LogP contribution in [0, 0.1) is 0 Å². The second kappa shape index (κ2) is 13.1. The van der Waals surface area contributed by atoms with Crippen LogP contribution >= 0.6 is 0 Å². The number of carboxylic acids is 1. The van der Waals surface area contributed by atoms with E-state index in [1.54, 1.807) is 0 Å². The van der Waals surface area contributed by atoms with Gasteiger partial charge in [-0.2, -0.15) is 0 Å². The predicted molar refractivity (Wildman–Crippen MR) is 149 cm³/mol. The summed E-state index contributed by atoms with van der Waals surface area (Å²) in [5.74, 6) is -1.54. The second-order valence-electron chi connectivity index (χ2n) is 9.92. The van der Waals surface area contributed by atoms with Crippen molar-refractivity contribution in [2.75, 3.05) is 20.2 Å². The first kappa shape index (κ1) is 27.9. The molecule has 4 rings (SSSR count). The van der Waals surface area contributed by atoms with Crippen LogP contribution in [0.1, 0.15) is 42.4 Å². The molecule has 1 aliphatic rings. The summed E-state index contributed by atoms with van der Waals surface area (Å²) < 4.78 is 5.67. The molecule has 0 aliphatic heterocycles. The Morgan fingerprint density at radius 1 is 0.897 bits per heavy atom. The van der Waals surface area contributed by atoms with E-state index in [0.29, 0.717) is 13.0 Å². The van der Waals surface area contributed by atoms with E-state index < -0.39 is 30.1 Å². The van der Waals surface area contributed by atoms with E-state index in [0.717, 1.165) is 27.8 Å². The summed E-state index contributed by atoms with van der Waals surface area (Å²) >= 11 is 0. The molecule has 3 N–H and O–H groups in total. The third kappa shape index (κ3) is 7.23. The van der Waals surface area contributed by atoms with Gasteiger partial charge in [0.15, 0.2) is 0 Å². The molecule has 0 radical (unpaired) electrons. The van der Waals surface area contributed by atoms with E-state index in [4.69, 9.17) is 4.74 Å². The van der Waals surface area contributed by atoms with Crippen molar-refractivity contribution in [2.24, 2.45) is 0 Å². The topological polar surface area (TPSA) is 108 Å². The van der Waals surface area contributed by atoms with E-state index >= 15 is 0 Å². The number of ether oxygens (including phenoxy) is 1. The molecular formula is C31H35N3O5. The lowest BCUT2D eigenvalue weighted by atomic mass is 9.98. The van der Waals surface area contributed by atoms with E-state index in [9.17, 15) is 19.5 Å². The van der Waals surface area contributed by atoms with Gasteiger partial charge in [0.05, 0.1) is 6.42 Å². The molecule has 3 aromatic carbocycles. The van der Waals surface area contributed by atoms with Crippen LogP contribution in [-0.4, -0.2) is 60.3 Å². The van der Waals surface area contributed by atoms with Crippen LogP contribution < -0.4 is 10.6 Å². The molecule has 0 saturated carbocycles. The minimum absolute atomic E-state index is 0.101. The number of nitrogens with one attached hydrogen (secondary N) is 2. The van der Waals surface area contributed by atoms with Crippen molar-refractivity contribution in [1.82, 2.24) is 15.5 Å². The minimum atomic E-state index is -0.996. The monoisotopic (exact) mass is 529 g/mol. The van der Waals surface area contributed by atoms with Crippen molar-refractivity contribution in [3.8, 4) is 11.1 Å². The van der Waals surface area contributed by atoms with Crippen molar-refractivity contribution in [2.45, 2.75) is 44.3 Å². The van der Waals surface area contributed by atoms with Crippen LogP contribution in [0.25, 0.3) is 11.1 Å². The van der Waals surface area contributed by atoms with Crippen molar-refractivity contribution in [3.05, 3.63) is 95.6 Å². The average Bonchev–Trinajstić information content (AvgIpc) is 3.25. The van der Waals surface area contributed by atoms with Gasteiger partial charge in [-0.3, -0.25) is 14.5 Å². The summed E-state index contributed by atoms with van der Waals surface area (Å²) in [6.45, 7) is 2.73. The van der Waals surface area contributed by atoms with Crippen molar-refractivity contribution >= 4 is 18.0 Å². The van der Waals surface area contributed by atoms with Gasteiger partial charge >= 0.3 is 12.1 Å². The Kier molecular flexibility index (Phi) is 9.33. The number of likely N-dealkylation sites (N-methyl/N-ethyl adjacent to an activating group) is 1. The molecule has 3 aromatic rings. The number of fused-ring (bicyclic) bond motifs is 3. The van der Waals surface area contributed by atoms with Crippen LogP contribution in [0.3, 0.4) is 0 Å². The molecule has 0 fully saturated rings. The number of rotatable bonds is 12. The minimum Gasteiger partial charge on any atom is -0.481 e. The van der Waals surface area contributed by atoms with Gasteiger partial charge in [-0.05, 0) is 41.3 Å². The molecule has 0 spiro atoms. The fraction of sp³-hybridized carbons (Fsp3) is 0.323. The average molecular weight is 530 g/mol. The molecule has 39 heavy (non-hydrogen) atoms. The predicted octanol–water partition coefficient (Wildman–Crippen LogP) is 4.40. The Morgan fingerprint density at radius 3 is 2.08 bits per heavy atom. The third-order valence-electron chi connectivity index (χ3n) is 7.00. The van der Waals surface area contributed by atoms with Gasteiger partial charge in [-0.1, -0.05) is 85.8 Å². The van der Waals surface area contributed by atoms with Gasteiger partial charge in [-0.25, -0.2) is 4.79 Å². The lowest BCUT2D eigenvalue weighted by molar-refractivity contribution is -0.137. The zero-order valence-corrected chi connectivity index (χ0v) is 22.3. The SMILES string of the molecule is CC[C@H](CC(=O)O)NC(=O)C(CN(C)Cc1ccccc1)NC(=O)OCC1c2ccccc2-c2ccccc21. The highest BCUT2D eigenvalue weighted by atomic mass is 16.5. The summed E-state index contributed by atoms with van der Waals surface area (Å²) in [7, 11) is 1.86. The largest absolute Gasteiger partial charge is 0.481 e. The van der Waals surface area contributed by atoms with Crippen LogP contribution in [0.5, 0.6) is 0 Å². The summed E-state index contributed by atoms with van der Waals surface area (Å²) in [4.78, 5) is 39.3. The molecule has 1 aliphatic carbocycles. The van der Waals surface area contributed by atoms with Gasteiger partial charge in [0, 0.05) is 25.0 Å². The summed E-state index contributed by atoms with van der Waals surface area (Å²) in [5, 5.41) is 14.7. The first-order chi connectivity index (χ1) is 18.9. The number of hydrogen-bond acceptors (Lipinski definition) is 5. The Bertz CT molecular complexity index is 1250. The first-order valence-electron chi connectivity index (χ1n) is 13.2. The maximum absolute atomic E-state index is 13.2. The maximum Gasteiger partial charge on any atom is 0.407 e. The highest BCUT2D eigenvalue weighted by Crippen LogP contribution is 2.44. The number of carbonyl (C=O) groups excluding carboxylic acids is 2. The summed E-state index contributed by atoms with van der Waals surface area (Å²) in [6, 6.07) is 24.5. The lowest BCUT2D eigenvalue weighted by Crippen LogP contribution is -2.54. The number of aliphatic carboxylic acids is 1. The van der Waals surface area contributed by atoms with E-state index in [1.165, 1.54) is 0 Å². The molecule has 8 heteroatoms. The molecule has 0 aromatic heterocycles. The van der Waals surface area contributed by atoms with Crippen LogP contribution in [0.2, 0.25) is 0 Å². The molecule has 0 saturated heterocycles. The standard InChI is InChI=1S/C31H35N3O5/c1-3-22(17-29(35)36)32-30(37)28(19-34(2)18-21-11-5-4-6-12-21)33-31(38)39-20-27-25-15-9-7-13-23(25)24-14-8-10-16-26(24)27/h4-16,22,27-28H,3,17-20H2,1-2H3,(H,32,37)(H,33,38)(H,35,36)/t22-,28?/m1/s1. The zero-order valence-electron chi connectivity index (χ0n) is 22.3. The zero-order chi connectivity index (χ0) is 27.8. The van der Waals surface area contributed by atoms with Crippen molar-refractivity contribution in [3.63, 3.8) is 0 Å².